The Morgan fingerprint density at radius 1 is 1.27 bits per heavy atom. The first-order valence-corrected chi connectivity index (χ1v) is 5.01. The smallest absolute Gasteiger partial charge is 0.323 e. The number of carbonyl (C=O) groups is 2. The van der Waals surface area contributed by atoms with E-state index >= 15 is 0 Å². The molecule has 2 unspecified atom stereocenters. The van der Waals surface area contributed by atoms with Gasteiger partial charge in [-0.3, -0.25) is 14.9 Å². The molecule has 0 spiro atoms. The number of carboxylic acids is 1. The average Bonchev–Trinajstić information content (AvgIpc) is 2.47. The van der Waals surface area contributed by atoms with Crippen molar-refractivity contribution in [2.75, 3.05) is 0 Å². The standard InChI is InChI=1S/C10H17NO4/c1-10(2,3)15-9(14)7-5-4-6(11-7)8(12)13/h6-7,11H,4-5H2,1-3H3,(H,12,13). The molecule has 5 heteroatoms. The van der Waals surface area contributed by atoms with Crippen LogP contribution in [0.4, 0.5) is 0 Å². The van der Waals surface area contributed by atoms with Crippen LogP contribution in [0.1, 0.15) is 33.6 Å². The molecule has 0 aliphatic carbocycles. The van der Waals surface area contributed by atoms with E-state index in [0.29, 0.717) is 12.8 Å². The molecule has 0 saturated carbocycles. The normalized spacial score (nSPS) is 26.3. The lowest BCUT2D eigenvalue weighted by molar-refractivity contribution is -0.157. The summed E-state index contributed by atoms with van der Waals surface area (Å²) in [6.07, 6.45) is 0.991. The van der Waals surface area contributed by atoms with Gasteiger partial charge in [0.05, 0.1) is 0 Å². The molecule has 1 aliphatic heterocycles. The Balaban J connectivity index is 2.47. The van der Waals surface area contributed by atoms with E-state index in [-0.39, 0.29) is 5.97 Å². The van der Waals surface area contributed by atoms with Crippen LogP contribution in [0.25, 0.3) is 0 Å². The van der Waals surface area contributed by atoms with Crippen molar-refractivity contribution in [2.24, 2.45) is 0 Å². The van der Waals surface area contributed by atoms with Crippen LogP contribution in [0.15, 0.2) is 0 Å². The van der Waals surface area contributed by atoms with Gasteiger partial charge in [-0.1, -0.05) is 0 Å². The zero-order chi connectivity index (χ0) is 11.6. The fourth-order valence-electron chi connectivity index (χ4n) is 1.50. The highest BCUT2D eigenvalue weighted by Crippen LogP contribution is 2.16. The number of hydrogen-bond donors (Lipinski definition) is 2. The second kappa shape index (κ2) is 4.18. The summed E-state index contributed by atoms with van der Waals surface area (Å²) in [5.41, 5.74) is -0.528. The van der Waals surface area contributed by atoms with Crippen molar-refractivity contribution in [2.45, 2.75) is 51.3 Å². The highest BCUT2D eigenvalue weighted by molar-refractivity contribution is 5.80. The predicted octanol–water partition coefficient (Wildman–Crippen LogP) is 0.533. The summed E-state index contributed by atoms with van der Waals surface area (Å²) in [4.78, 5) is 22.2. The van der Waals surface area contributed by atoms with E-state index < -0.39 is 23.7 Å². The summed E-state index contributed by atoms with van der Waals surface area (Å²) in [6, 6.07) is -1.10. The van der Waals surface area contributed by atoms with Crippen molar-refractivity contribution in [1.82, 2.24) is 5.32 Å². The van der Waals surface area contributed by atoms with Crippen LogP contribution < -0.4 is 5.32 Å². The lowest BCUT2D eigenvalue weighted by Gasteiger charge is -2.22. The number of ether oxygens (including phenoxy) is 1. The SMILES string of the molecule is CC(C)(C)OC(=O)C1CCC(C(=O)O)N1. The Kier molecular flexibility index (Phi) is 3.34. The molecule has 5 nitrogen and oxygen atoms in total. The Hall–Kier alpha value is -1.10. The molecular formula is C10H17NO4. The minimum Gasteiger partial charge on any atom is -0.480 e. The third-order valence-electron chi connectivity index (χ3n) is 2.14. The molecule has 2 N–H and O–H groups in total. The molecule has 0 bridgehead atoms. The number of hydrogen-bond acceptors (Lipinski definition) is 4. The summed E-state index contributed by atoms with van der Waals surface area (Å²) in [7, 11) is 0. The molecule has 0 aromatic heterocycles. The molecule has 1 heterocycles. The first kappa shape index (κ1) is 12.0. The van der Waals surface area contributed by atoms with Gasteiger partial charge in [0, 0.05) is 0 Å². The Morgan fingerprint density at radius 2 is 1.80 bits per heavy atom. The third kappa shape index (κ3) is 3.51. The largest absolute Gasteiger partial charge is 0.480 e. The van der Waals surface area contributed by atoms with Gasteiger partial charge < -0.3 is 9.84 Å². The van der Waals surface area contributed by atoms with Crippen molar-refractivity contribution < 1.29 is 19.4 Å². The third-order valence-corrected chi connectivity index (χ3v) is 2.14. The molecule has 2 atom stereocenters. The van der Waals surface area contributed by atoms with E-state index in [1.54, 1.807) is 20.8 Å². The van der Waals surface area contributed by atoms with Crippen molar-refractivity contribution >= 4 is 11.9 Å². The molecule has 1 rings (SSSR count). The van der Waals surface area contributed by atoms with Crippen molar-refractivity contribution in [3.8, 4) is 0 Å². The summed E-state index contributed by atoms with van der Waals surface area (Å²) in [5.74, 6) is -1.28. The summed E-state index contributed by atoms with van der Waals surface area (Å²) in [5, 5.41) is 11.5. The number of esters is 1. The van der Waals surface area contributed by atoms with Crippen LogP contribution in [0.3, 0.4) is 0 Å². The van der Waals surface area contributed by atoms with E-state index in [0.717, 1.165) is 0 Å². The lowest BCUT2D eigenvalue weighted by atomic mass is 10.1. The number of rotatable bonds is 2. The Morgan fingerprint density at radius 3 is 2.20 bits per heavy atom. The van der Waals surface area contributed by atoms with Crippen LogP contribution in [0, 0.1) is 0 Å². The number of aliphatic carboxylic acids is 1. The Labute approximate surface area is 88.8 Å². The van der Waals surface area contributed by atoms with E-state index in [1.807, 2.05) is 0 Å². The maximum absolute atomic E-state index is 11.6. The number of carboxylic acid groups (broad SMARTS) is 1. The summed E-state index contributed by atoms with van der Waals surface area (Å²) >= 11 is 0. The Bertz CT molecular complexity index is 269. The van der Waals surface area contributed by atoms with Gasteiger partial charge in [0.15, 0.2) is 0 Å². The quantitative estimate of drug-likeness (QED) is 0.657. The minimum absolute atomic E-state index is 0.369. The van der Waals surface area contributed by atoms with Gasteiger partial charge in [0.25, 0.3) is 0 Å². The highest BCUT2D eigenvalue weighted by Gasteiger charge is 2.35. The fourth-order valence-corrected chi connectivity index (χ4v) is 1.50. The highest BCUT2D eigenvalue weighted by atomic mass is 16.6. The van der Waals surface area contributed by atoms with Crippen LogP contribution >= 0.6 is 0 Å². The fraction of sp³-hybridized carbons (Fsp3) is 0.800. The first-order valence-electron chi connectivity index (χ1n) is 5.01. The van der Waals surface area contributed by atoms with Gasteiger partial charge >= 0.3 is 11.9 Å². The molecule has 1 saturated heterocycles. The van der Waals surface area contributed by atoms with Crippen LogP contribution in [-0.4, -0.2) is 34.7 Å². The van der Waals surface area contributed by atoms with Crippen molar-refractivity contribution in [3.63, 3.8) is 0 Å². The monoisotopic (exact) mass is 215 g/mol. The molecule has 1 fully saturated rings. The van der Waals surface area contributed by atoms with Gasteiger partial charge in [0.2, 0.25) is 0 Å². The van der Waals surface area contributed by atoms with Crippen LogP contribution in [0.5, 0.6) is 0 Å². The molecule has 0 aromatic rings. The van der Waals surface area contributed by atoms with Gasteiger partial charge in [-0.15, -0.1) is 0 Å². The first-order chi connectivity index (χ1) is 6.79. The summed E-state index contributed by atoms with van der Waals surface area (Å²) < 4.78 is 5.16. The zero-order valence-corrected chi connectivity index (χ0v) is 9.24. The average molecular weight is 215 g/mol. The summed E-state index contributed by atoms with van der Waals surface area (Å²) in [6.45, 7) is 5.36. The van der Waals surface area contributed by atoms with Crippen LogP contribution in [-0.2, 0) is 14.3 Å². The molecule has 0 amide bonds. The van der Waals surface area contributed by atoms with Gasteiger partial charge in [0.1, 0.15) is 17.7 Å². The lowest BCUT2D eigenvalue weighted by Crippen LogP contribution is -2.42. The van der Waals surface area contributed by atoms with Gasteiger partial charge in [-0.2, -0.15) is 0 Å². The van der Waals surface area contributed by atoms with E-state index in [9.17, 15) is 9.59 Å². The second-order valence-corrected chi connectivity index (χ2v) is 4.72. The molecule has 15 heavy (non-hydrogen) atoms. The van der Waals surface area contributed by atoms with E-state index in [4.69, 9.17) is 9.84 Å². The maximum Gasteiger partial charge on any atom is 0.323 e. The van der Waals surface area contributed by atoms with Gasteiger partial charge in [-0.25, -0.2) is 0 Å². The van der Waals surface area contributed by atoms with E-state index in [2.05, 4.69) is 5.32 Å². The molecule has 0 aromatic carbocycles. The van der Waals surface area contributed by atoms with Crippen molar-refractivity contribution in [1.29, 1.82) is 0 Å². The topological polar surface area (TPSA) is 75.6 Å². The molecular weight excluding hydrogens is 198 g/mol. The zero-order valence-electron chi connectivity index (χ0n) is 9.24. The molecule has 0 radical (unpaired) electrons. The maximum atomic E-state index is 11.6. The van der Waals surface area contributed by atoms with Gasteiger partial charge in [-0.05, 0) is 33.6 Å². The molecule has 1 aliphatic rings. The minimum atomic E-state index is -0.916. The number of carbonyl (C=O) groups excluding carboxylic acids is 1. The second-order valence-electron chi connectivity index (χ2n) is 4.72. The molecule has 86 valence electrons. The number of nitrogens with one attached hydrogen (secondary N) is 1. The van der Waals surface area contributed by atoms with E-state index in [1.165, 1.54) is 0 Å². The van der Waals surface area contributed by atoms with Crippen LogP contribution in [0.2, 0.25) is 0 Å². The predicted molar refractivity (Wildman–Crippen MR) is 53.4 cm³/mol. The van der Waals surface area contributed by atoms with Crippen molar-refractivity contribution in [3.05, 3.63) is 0 Å².